The van der Waals surface area contributed by atoms with Crippen LogP contribution >= 0.6 is 27.3 Å². The molecule has 0 aromatic carbocycles. The Labute approximate surface area is 77.0 Å². The smallest absolute Gasteiger partial charge is 0.226 e. The van der Waals surface area contributed by atoms with Crippen LogP contribution in [-0.4, -0.2) is 16.2 Å². The van der Waals surface area contributed by atoms with Gasteiger partial charge in [-0.15, -0.1) is 11.3 Å². The van der Waals surface area contributed by atoms with E-state index in [-0.39, 0.29) is 5.91 Å². The van der Waals surface area contributed by atoms with Crippen molar-refractivity contribution in [2.45, 2.75) is 6.42 Å². The largest absolute Gasteiger partial charge is 0.302 e. The van der Waals surface area contributed by atoms with Crippen LogP contribution in [0.2, 0.25) is 0 Å². The SMILES string of the molecule is O=C(CCBr)Nc1nccs1. The fourth-order valence-corrected chi connectivity index (χ4v) is 1.46. The molecule has 3 nitrogen and oxygen atoms in total. The molecule has 5 heteroatoms. The maximum Gasteiger partial charge on any atom is 0.226 e. The maximum absolute atomic E-state index is 10.9. The summed E-state index contributed by atoms with van der Waals surface area (Å²) in [5.41, 5.74) is 0. The second kappa shape index (κ2) is 4.46. The molecule has 1 heterocycles. The lowest BCUT2D eigenvalue weighted by Gasteiger charge is -1.96. The van der Waals surface area contributed by atoms with E-state index in [9.17, 15) is 4.79 Å². The molecule has 0 saturated carbocycles. The molecule has 0 bridgehead atoms. The Bertz CT molecular complexity index is 224. The molecule has 60 valence electrons. The van der Waals surface area contributed by atoms with Crippen molar-refractivity contribution >= 4 is 38.3 Å². The highest BCUT2D eigenvalue weighted by atomic mass is 79.9. The number of carbonyl (C=O) groups is 1. The number of hydrogen-bond acceptors (Lipinski definition) is 3. The molecule has 0 aliphatic carbocycles. The summed E-state index contributed by atoms with van der Waals surface area (Å²) in [5, 5.41) is 5.83. The Morgan fingerprint density at radius 2 is 2.64 bits per heavy atom. The van der Waals surface area contributed by atoms with E-state index in [1.165, 1.54) is 11.3 Å². The van der Waals surface area contributed by atoms with E-state index in [4.69, 9.17) is 0 Å². The highest BCUT2D eigenvalue weighted by Crippen LogP contribution is 2.10. The Kier molecular flexibility index (Phi) is 3.51. The third-order valence-corrected chi connectivity index (χ3v) is 2.09. The van der Waals surface area contributed by atoms with Crippen LogP contribution in [0, 0.1) is 0 Å². The molecular formula is C6H7BrN2OS. The van der Waals surface area contributed by atoms with Crippen molar-refractivity contribution in [2.24, 2.45) is 0 Å². The molecule has 1 amide bonds. The molecule has 1 aromatic heterocycles. The van der Waals surface area contributed by atoms with Gasteiger partial charge in [-0.05, 0) is 0 Å². The van der Waals surface area contributed by atoms with Crippen LogP contribution in [0.3, 0.4) is 0 Å². The van der Waals surface area contributed by atoms with Gasteiger partial charge in [-0.1, -0.05) is 15.9 Å². The highest BCUT2D eigenvalue weighted by Gasteiger charge is 2.01. The molecule has 0 aliphatic heterocycles. The summed E-state index contributed by atoms with van der Waals surface area (Å²) in [6.07, 6.45) is 2.15. The minimum atomic E-state index is -0.00294. The number of hydrogen-bond donors (Lipinski definition) is 1. The van der Waals surface area contributed by atoms with Crippen LogP contribution in [-0.2, 0) is 4.79 Å². The van der Waals surface area contributed by atoms with Gasteiger partial charge in [-0.25, -0.2) is 4.98 Å². The Balaban J connectivity index is 2.37. The first-order valence-electron chi connectivity index (χ1n) is 3.08. The van der Waals surface area contributed by atoms with E-state index in [1.54, 1.807) is 6.20 Å². The number of alkyl halides is 1. The molecule has 0 atom stereocenters. The van der Waals surface area contributed by atoms with Crippen molar-refractivity contribution < 1.29 is 4.79 Å². The van der Waals surface area contributed by atoms with Crippen LogP contribution in [0.4, 0.5) is 5.13 Å². The minimum Gasteiger partial charge on any atom is -0.302 e. The van der Waals surface area contributed by atoms with Crippen LogP contribution < -0.4 is 5.32 Å². The number of amides is 1. The van der Waals surface area contributed by atoms with Crippen molar-refractivity contribution in [1.29, 1.82) is 0 Å². The van der Waals surface area contributed by atoms with E-state index in [0.29, 0.717) is 16.9 Å². The number of rotatable bonds is 3. The number of nitrogens with one attached hydrogen (secondary N) is 1. The van der Waals surface area contributed by atoms with Crippen LogP contribution in [0.1, 0.15) is 6.42 Å². The molecular weight excluding hydrogens is 228 g/mol. The number of thiazole rings is 1. The number of halogens is 1. The van der Waals surface area contributed by atoms with Gasteiger partial charge in [0.2, 0.25) is 5.91 Å². The predicted molar refractivity (Wildman–Crippen MR) is 49.2 cm³/mol. The standard InChI is InChI=1S/C6H7BrN2OS/c7-2-1-5(10)9-6-8-3-4-11-6/h3-4H,1-2H2,(H,8,9,10). The van der Waals surface area contributed by atoms with Gasteiger partial charge in [-0.3, -0.25) is 4.79 Å². The predicted octanol–water partition coefficient (Wildman–Crippen LogP) is 1.87. The van der Waals surface area contributed by atoms with Crippen LogP contribution in [0.25, 0.3) is 0 Å². The monoisotopic (exact) mass is 234 g/mol. The second-order valence-corrected chi connectivity index (χ2v) is 3.51. The van der Waals surface area contributed by atoms with E-state index in [0.717, 1.165) is 0 Å². The van der Waals surface area contributed by atoms with Gasteiger partial charge in [-0.2, -0.15) is 0 Å². The van der Waals surface area contributed by atoms with E-state index < -0.39 is 0 Å². The topological polar surface area (TPSA) is 42.0 Å². The number of carbonyl (C=O) groups excluding carboxylic acids is 1. The van der Waals surface area contributed by atoms with Crippen molar-refractivity contribution in [1.82, 2.24) is 4.98 Å². The van der Waals surface area contributed by atoms with E-state index in [2.05, 4.69) is 26.2 Å². The van der Waals surface area contributed by atoms with E-state index >= 15 is 0 Å². The van der Waals surface area contributed by atoms with Gasteiger partial charge >= 0.3 is 0 Å². The van der Waals surface area contributed by atoms with Gasteiger partial charge in [0.1, 0.15) is 0 Å². The molecule has 1 aromatic rings. The Morgan fingerprint density at radius 3 is 3.18 bits per heavy atom. The maximum atomic E-state index is 10.9. The minimum absolute atomic E-state index is 0.00294. The third kappa shape index (κ3) is 2.98. The summed E-state index contributed by atoms with van der Waals surface area (Å²) in [4.78, 5) is 14.8. The zero-order valence-corrected chi connectivity index (χ0v) is 8.11. The molecule has 1 N–H and O–H groups in total. The van der Waals surface area contributed by atoms with Crippen LogP contribution in [0.15, 0.2) is 11.6 Å². The fraction of sp³-hybridized carbons (Fsp3) is 0.333. The first-order chi connectivity index (χ1) is 5.33. The number of anilines is 1. The third-order valence-electron chi connectivity index (χ3n) is 1.00. The lowest BCUT2D eigenvalue weighted by atomic mass is 10.5. The van der Waals surface area contributed by atoms with E-state index in [1.807, 2.05) is 5.38 Å². The Morgan fingerprint density at radius 1 is 1.82 bits per heavy atom. The quantitative estimate of drug-likeness (QED) is 0.812. The molecule has 0 fully saturated rings. The Hall–Kier alpha value is -0.420. The molecule has 0 radical (unpaired) electrons. The summed E-state index contributed by atoms with van der Waals surface area (Å²) in [6, 6.07) is 0. The molecule has 0 saturated heterocycles. The zero-order chi connectivity index (χ0) is 8.10. The van der Waals surface area contributed by atoms with Gasteiger partial charge in [0.15, 0.2) is 5.13 Å². The van der Waals surface area contributed by atoms with Crippen molar-refractivity contribution in [3.8, 4) is 0 Å². The number of nitrogens with zero attached hydrogens (tertiary/aromatic N) is 1. The molecule has 0 aliphatic rings. The summed E-state index contributed by atoms with van der Waals surface area (Å²) in [5.74, 6) is -0.00294. The summed E-state index contributed by atoms with van der Waals surface area (Å²) < 4.78 is 0. The summed E-state index contributed by atoms with van der Waals surface area (Å²) >= 11 is 4.59. The van der Waals surface area contributed by atoms with Crippen molar-refractivity contribution in [3.05, 3.63) is 11.6 Å². The second-order valence-electron chi connectivity index (χ2n) is 1.82. The van der Waals surface area contributed by atoms with Gasteiger partial charge in [0.25, 0.3) is 0 Å². The molecule has 1 rings (SSSR count). The van der Waals surface area contributed by atoms with Crippen molar-refractivity contribution in [2.75, 3.05) is 10.6 Å². The zero-order valence-electron chi connectivity index (χ0n) is 5.71. The molecule has 0 unspecified atom stereocenters. The van der Waals surface area contributed by atoms with Gasteiger partial charge in [0, 0.05) is 23.3 Å². The summed E-state index contributed by atoms with van der Waals surface area (Å²) in [6.45, 7) is 0. The summed E-state index contributed by atoms with van der Waals surface area (Å²) in [7, 11) is 0. The van der Waals surface area contributed by atoms with Gasteiger partial charge in [0.05, 0.1) is 0 Å². The average Bonchev–Trinajstić information content (AvgIpc) is 2.40. The number of aromatic nitrogens is 1. The average molecular weight is 235 g/mol. The normalized spacial score (nSPS) is 9.55. The van der Waals surface area contributed by atoms with Gasteiger partial charge < -0.3 is 5.32 Å². The lowest BCUT2D eigenvalue weighted by molar-refractivity contribution is -0.115. The lowest BCUT2D eigenvalue weighted by Crippen LogP contribution is -2.10. The van der Waals surface area contributed by atoms with Crippen LogP contribution in [0.5, 0.6) is 0 Å². The van der Waals surface area contributed by atoms with Crippen molar-refractivity contribution in [3.63, 3.8) is 0 Å². The molecule has 0 spiro atoms. The highest BCUT2D eigenvalue weighted by molar-refractivity contribution is 9.09. The first-order valence-corrected chi connectivity index (χ1v) is 5.08. The first kappa shape index (κ1) is 8.67. The fourth-order valence-electron chi connectivity index (χ4n) is 0.553. The molecule has 11 heavy (non-hydrogen) atoms.